The van der Waals surface area contributed by atoms with Gasteiger partial charge in [0.05, 0.1) is 0 Å². The molecule has 0 spiro atoms. The van der Waals surface area contributed by atoms with Crippen molar-refractivity contribution in [3.63, 3.8) is 0 Å². The van der Waals surface area contributed by atoms with Gasteiger partial charge in [-0.2, -0.15) is 0 Å². The standard InChI is InChI=1S/C10H17N2O6/c1-9(2)5-6(18-12(16)17)7(8(13)14)10(3,4)11(9)15/h6-7H,5H2,1-4H3,(H,13,14)/q-1. The van der Waals surface area contributed by atoms with Crippen LogP contribution in [0.1, 0.15) is 34.1 Å². The topological polar surface area (TPSA) is 116 Å². The van der Waals surface area contributed by atoms with Gasteiger partial charge in [0, 0.05) is 11.1 Å². The highest BCUT2D eigenvalue weighted by molar-refractivity contribution is 5.73. The predicted molar refractivity (Wildman–Crippen MR) is 61.0 cm³/mol. The molecule has 2 atom stereocenters. The smallest absolute Gasteiger partial charge is 0.310 e. The van der Waals surface area contributed by atoms with Gasteiger partial charge in [0.2, 0.25) is 0 Å². The van der Waals surface area contributed by atoms with Crippen molar-refractivity contribution in [1.82, 2.24) is 5.06 Å². The molecule has 0 aliphatic carbocycles. The van der Waals surface area contributed by atoms with Gasteiger partial charge in [-0.3, -0.25) is 4.79 Å². The maximum absolute atomic E-state index is 12.1. The van der Waals surface area contributed by atoms with E-state index in [1.165, 1.54) is 13.8 Å². The highest BCUT2D eigenvalue weighted by atomic mass is 17.0. The second-order valence-electron chi connectivity index (χ2n) is 5.65. The number of carboxylic acid groups (broad SMARTS) is 1. The Labute approximate surface area is 104 Å². The highest BCUT2D eigenvalue weighted by Gasteiger charge is 2.52. The van der Waals surface area contributed by atoms with E-state index in [1.807, 2.05) is 0 Å². The van der Waals surface area contributed by atoms with Gasteiger partial charge < -0.3 is 20.2 Å². The molecule has 1 aliphatic heterocycles. The first kappa shape index (κ1) is 14.7. The first-order chi connectivity index (χ1) is 8.00. The quantitative estimate of drug-likeness (QED) is 0.595. The number of carbonyl (C=O) groups is 1. The molecular weight excluding hydrogens is 244 g/mol. The van der Waals surface area contributed by atoms with Crippen LogP contribution in [0.25, 0.3) is 0 Å². The lowest BCUT2D eigenvalue weighted by atomic mass is 9.72. The SMILES string of the molecule is CC1(C)CC(O[N+](=O)[O-])C(C(=O)O)C(C)(C)N1[O-]. The molecule has 1 fully saturated rings. The normalized spacial score (nSPS) is 30.7. The number of rotatable bonds is 3. The molecule has 0 radical (unpaired) electrons. The van der Waals surface area contributed by atoms with Gasteiger partial charge in [0.15, 0.2) is 0 Å². The minimum atomic E-state index is -1.28. The van der Waals surface area contributed by atoms with E-state index in [-0.39, 0.29) is 6.42 Å². The van der Waals surface area contributed by atoms with Crippen molar-refractivity contribution in [3.8, 4) is 0 Å². The second-order valence-corrected chi connectivity index (χ2v) is 5.65. The molecule has 1 saturated heterocycles. The Morgan fingerprint density at radius 2 is 1.94 bits per heavy atom. The van der Waals surface area contributed by atoms with Gasteiger partial charge in [-0.05, 0) is 34.1 Å². The Morgan fingerprint density at radius 1 is 1.44 bits per heavy atom. The Bertz CT molecular complexity index is 367. The molecule has 1 heterocycles. The van der Waals surface area contributed by atoms with E-state index in [1.54, 1.807) is 13.8 Å². The van der Waals surface area contributed by atoms with E-state index in [9.17, 15) is 25.2 Å². The van der Waals surface area contributed by atoms with Gasteiger partial charge in [0.1, 0.15) is 12.0 Å². The molecule has 0 amide bonds. The van der Waals surface area contributed by atoms with Gasteiger partial charge in [-0.25, -0.2) is 0 Å². The van der Waals surface area contributed by atoms with E-state index < -0.39 is 34.2 Å². The maximum atomic E-state index is 12.1. The number of hydrogen-bond donors (Lipinski definition) is 1. The lowest BCUT2D eigenvalue weighted by Crippen LogP contribution is -2.66. The summed E-state index contributed by atoms with van der Waals surface area (Å²) in [6.45, 7) is 6.12. The molecule has 18 heavy (non-hydrogen) atoms. The summed E-state index contributed by atoms with van der Waals surface area (Å²) >= 11 is 0. The number of piperidine rings is 1. The molecule has 1 aliphatic rings. The third-order valence-electron chi connectivity index (χ3n) is 3.39. The Balaban J connectivity index is 3.16. The zero-order valence-corrected chi connectivity index (χ0v) is 10.7. The van der Waals surface area contributed by atoms with Crippen LogP contribution in [-0.4, -0.2) is 38.4 Å². The fourth-order valence-corrected chi connectivity index (χ4v) is 2.72. The first-order valence-corrected chi connectivity index (χ1v) is 5.51. The van der Waals surface area contributed by atoms with Crippen molar-refractivity contribution in [2.75, 3.05) is 0 Å². The summed E-state index contributed by atoms with van der Waals surface area (Å²) in [6, 6.07) is 0. The molecule has 0 bridgehead atoms. The largest absolute Gasteiger partial charge is 0.784 e. The number of nitrogens with zero attached hydrogens (tertiary/aromatic N) is 2. The molecule has 2 unspecified atom stereocenters. The Hall–Kier alpha value is -1.41. The Morgan fingerprint density at radius 3 is 2.33 bits per heavy atom. The van der Waals surface area contributed by atoms with Crippen LogP contribution in [0, 0.1) is 21.2 Å². The van der Waals surface area contributed by atoms with Crippen molar-refractivity contribution in [3.05, 3.63) is 15.3 Å². The van der Waals surface area contributed by atoms with E-state index in [4.69, 9.17) is 0 Å². The van der Waals surface area contributed by atoms with Gasteiger partial charge in [0.25, 0.3) is 5.09 Å². The van der Waals surface area contributed by atoms with Crippen LogP contribution in [0.2, 0.25) is 0 Å². The van der Waals surface area contributed by atoms with Crippen LogP contribution < -0.4 is 0 Å². The van der Waals surface area contributed by atoms with E-state index >= 15 is 0 Å². The van der Waals surface area contributed by atoms with E-state index in [0.717, 1.165) is 0 Å². The monoisotopic (exact) mass is 261 g/mol. The van der Waals surface area contributed by atoms with Crippen molar-refractivity contribution in [1.29, 1.82) is 0 Å². The van der Waals surface area contributed by atoms with E-state index in [0.29, 0.717) is 5.06 Å². The molecule has 8 nitrogen and oxygen atoms in total. The fraction of sp³-hybridized carbons (Fsp3) is 0.900. The van der Waals surface area contributed by atoms with Gasteiger partial charge >= 0.3 is 5.97 Å². The molecule has 104 valence electrons. The van der Waals surface area contributed by atoms with Crippen molar-refractivity contribution >= 4 is 5.97 Å². The highest BCUT2D eigenvalue weighted by Crippen LogP contribution is 2.42. The molecule has 0 aromatic rings. The van der Waals surface area contributed by atoms with Crippen LogP contribution >= 0.6 is 0 Å². The zero-order chi connectivity index (χ0) is 14.3. The summed E-state index contributed by atoms with van der Waals surface area (Å²) in [7, 11) is 0. The number of hydroxylamine groups is 2. The molecule has 0 aromatic carbocycles. The summed E-state index contributed by atoms with van der Waals surface area (Å²) in [6.07, 6.45) is -1.15. The molecular formula is C10H17N2O6-. The van der Waals surface area contributed by atoms with Crippen LogP contribution in [0.4, 0.5) is 0 Å². The number of carboxylic acids is 1. The minimum Gasteiger partial charge on any atom is -0.784 e. The lowest BCUT2D eigenvalue weighted by molar-refractivity contribution is -0.771. The zero-order valence-electron chi connectivity index (χ0n) is 10.7. The molecule has 8 heteroatoms. The average molecular weight is 261 g/mol. The van der Waals surface area contributed by atoms with Crippen molar-refractivity contribution in [2.24, 2.45) is 5.92 Å². The van der Waals surface area contributed by atoms with Crippen molar-refractivity contribution in [2.45, 2.75) is 51.3 Å². The molecule has 1 rings (SSSR count). The average Bonchev–Trinajstić information content (AvgIpc) is 2.11. The third-order valence-corrected chi connectivity index (χ3v) is 3.39. The fourth-order valence-electron chi connectivity index (χ4n) is 2.72. The van der Waals surface area contributed by atoms with Gasteiger partial charge in [-0.15, -0.1) is 10.1 Å². The molecule has 1 N–H and O–H groups in total. The van der Waals surface area contributed by atoms with Crippen LogP contribution in [0.15, 0.2) is 0 Å². The summed E-state index contributed by atoms with van der Waals surface area (Å²) < 4.78 is 0. The third kappa shape index (κ3) is 2.39. The minimum absolute atomic E-state index is 0.0160. The Kier molecular flexibility index (Phi) is 3.55. The summed E-state index contributed by atoms with van der Waals surface area (Å²) in [5.41, 5.74) is -2.20. The number of aliphatic carboxylic acids is 1. The van der Waals surface area contributed by atoms with E-state index in [2.05, 4.69) is 4.84 Å². The van der Waals surface area contributed by atoms with Gasteiger partial charge in [-0.1, -0.05) is 0 Å². The van der Waals surface area contributed by atoms with Crippen LogP contribution in [0.5, 0.6) is 0 Å². The number of hydrogen-bond acceptors (Lipinski definition) is 6. The van der Waals surface area contributed by atoms with Crippen LogP contribution in [0.3, 0.4) is 0 Å². The van der Waals surface area contributed by atoms with Crippen LogP contribution in [-0.2, 0) is 9.63 Å². The second kappa shape index (κ2) is 4.36. The predicted octanol–water partition coefficient (Wildman–Crippen LogP) is 1.02. The summed E-state index contributed by atoms with van der Waals surface area (Å²) in [4.78, 5) is 26.1. The molecule has 0 aromatic heterocycles. The molecule has 0 saturated carbocycles. The summed E-state index contributed by atoms with van der Waals surface area (Å²) in [5, 5.41) is 31.4. The first-order valence-electron chi connectivity index (χ1n) is 5.51. The maximum Gasteiger partial charge on any atom is 0.310 e. The lowest BCUT2D eigenvalue weighted by Gasteiger charge is -2.61. The van der Waals surface area contributed by atoms with Crippen molar-refractivity contribution < 1.29 is 19.8 Å². The summed E-state index contributed by atoms with van der Waals surface area (Å²) in [5.74, 6) is -2.53.